The molecule has 142 valence electrons. The molecule has 1 N–H and O–H groups in total. The minimum atomic E-state index is 0.622. The largest absolute Gasteiger partial charge is 0.378 e. The molecule has 1 saturated heterocycles. The van der Waals surface area contributed by atoms with E-state index in [2.05, 4.69) is 59.9 Å². The second-order valence-corrected chi connectivity index (χ2v) is 6.18. The molecule has 0 bridgehead atoms. The van der Waals surface area contributed by atoms with Crippen molar-refractivity contribution in [3.05, 3.63) is 35.1 Å². The summed E-state index contributed by atoms with van der Waals surface area (Å²) in [6.45, 7) is 14.3. The fraction of sp³-hybridized carbons (Fsp3) is 0.526. The Balaban J connectivity index is 2.10. The van der Waals surface area contributed by atoms with Gasteiger partial charge in [-0.05, 0) is 33.1 Å². The summed E-state index contributed by atoms with van der Waals surface area (Å²) in [6.07, 6.45) is 6.12. The van der Waals surface area contributed by atoms with Crippen molar-refractivity contribution in [1.82, 2.24) is 20.0 Å². The van der Waals surface area contributed by atoms with Crippen LogP contribution in [0.5, 0.6) is 0 Å². The van der Waals surface area contributed by atoms with Crippen molar-refractivity contribution in [2.24, 2.45) is 17.0 Å². The number of aliphatic imine (C=N–C) groups is 2. The summed E-state index contributed by atoms with van der Waals surface area (Å²) in [4.78, 5) is 10.9. The van der Waals surface area contributed by atoms with Crippen LogP contribution >= 0.6 is 0 Å². The molecule has 0 aromatic carbocycles. The van der Waals surface area contributed by atoms with Crippen LogP contribution < -0.4 is 5.32 Å². The normalized spacial score (nSPS) is 16.9. The minimum Gasteiger partial charge on any atom is -0.378 e. The smallest absolute Gasteiger partial charge is 0.226 e. The van der Waals surface area contributed by atoms with Crippen molar-refractivity contribution in [1.29, 1.82) is 0 Å². The summed E-state index contributed by atoms with van der Waals surface area (Å²) >= 11 is 0. The van der Waals surface area contributed by atoms with Crippen LogP contribution in [0.1, 0.15) is 26.3 Å². The van der Waals surface area contributed by atoms with E-state index in [0.29, 0.717) is 25.7 Å². The van der Waals surface area contributed by atoms with Gasteiger partial charge < -0.3 is 15.0 Å². The standard InChI is InChI=1S/C19H30N6O/c1-6-15(3)16(7-2)12-21-13-17-14-22-24(5)18(17)23-19(20-4)25-8-10-26-11-9-25/h6-7,14,21H,4,8-13H2,1-3,5H3/b15-6-,16-7-,23-19+. The number of guanidine groups is 1. The highest BCUT2D eigenvalue weighted by Gasteiger charge is 2.16. The molecule has 0 aliphatic carbocycles. The summed E-state index contributed by atoms with van der Waals surface area (Å²) < 4.78 is 7.17. The molecule has 2 rings (SSSR count). The fourth-order valence-corrected chi connectivity index (χ4v) is 2.80. The molecule has 1 aromatic heterocycles. The first-order chi connectivity index (χ1) is 12.6. The highest BCUT2D eigenvalue weighted by molar-refractivity contribution is 5.86. The SMILES string of the molecule is C=N/C(=N\c1c(CNCC(=C/C)/C(C)=C\C)cnn1C)N1CCOCC1. The number of nitrogens with zero attached hydrogens (tertiary/aromatic N) is 5. The van der Waals surface area contributed by atoms with Gasteiger partial charge in [0.25, 0.3) is 0 Å². The predicted octanol–water partition coefficient (Wildman–Crippen LogP) is 2.44. The van der Waals surface area contributed by atoms with Crippen LogP contribution in [0.4, 0.5) is 5.82 Å². The Morgan fingerprint density at radius 1 is 1.35 bits per heavy atom. The van der Waals surface area contributed by atoms with E-state index >= 15 is 0 Å². The molecule has 0 saturated carbocycles. The van der Waals surface area contributed by atoms with Gasteiger partial charge in [-0.1, -0.05) is 17.7 Å². The van der Waals surface area contributed by atoms with Crippen molar-refractivity contribution in [2.75, 3.05) is 32.8 Å². The summed E-state index contributed by atoms with van der Waals surface area (Å²) in [5.74, 6) is 1.42. The number of morpholine rings is 1. The van der Waals surface area contributed by atoms with Gasteiger partial charge in [0.2, 0.25) is 5.96 Å². The third-order valence-corrected chi connectivity index (χ3v) is 4.54. The topological polar surface area (TPSA) is 67.0 Å². The van der Waals surface area contributed by atoms with E-state index in [4.69, 9.17) is 9.73 Å². The average Bonchev–Trinajstić information content (AvgIpc) is 3.02. The number of aryl methyl sites for hydroxylation is 1. The Hall–Kier alpha value is -2.25. The number of nitrogens with one attached hydrogen (secondary N) is 1. The quantitative estimate of drug-likeness (QED) is 0.482. The lowest BCUT2D eigenvalue weighted by molar-refractivity contribution is 0.0676. The molecule has 1 aromatic rings. The molecule has 7 heteroatoms. The number of hydrogen-bond donors (Lipinski definition) is 1. The van der Waals surface area contributed by atoms with Crippen molar-refractivity contribution in [3.63, 3.8) is 0 Å². The van der Waals surface area contributed by atoms with Gasteiger partial charge in [-0.25, -0.2) is 4.99 Å². The van der Waals surface area contributed by atoms with Crippen molar-refractivity contribution in [2.45, 2.75) is 27.3 Å². The minimum absolute atomic E-state index is 0.622. The highest BCUT2D eigenvalue weighted by atomic mass is 16.5. The number of rotatable bonds is 6. The number of hydrogen-bond acceptors (Lipinski definition) is 4. The molecular weight excluding hydrogens is 328 g/mol. The summed E-state index contributed by atoms with van der Waals surface area (Å²) in [5.41, 5.74) is 3.62. The van der Waals surface area contributed by atoms with Crippen LogP contribution in [-0.4, -0.2) is 60.2 Å². The van der Waals surface area contributed by atoms with E-state index < -0.39 is 0 Å². The van der Waals surface area contributed by atoms with Gasteiger partial charge in [0.05, 0.1) is 19.4 Å². The lowest BCUT2D eigenvalue weighted by Gasteiger charge is -2.27. The molecule has 0 atom stereocenters. The van der Waals surface area contributed by atoms with Crippen LogP contribution in [0.2, 0.25) is 0 Å². The van der Waals surface area contributed by atoms with E-state index in [1.165, 1.54) is 11.1 Å². The molecule has 1 fully saturated rings. The summed E-state index contributed by atoms with van der Waals surface area (Å²) in [5, 5.41) is 7.84. The van der Waals surface area contributed by atoms with Crippen molar-refractivity contribution >= 4 is 18.5 Å². The maximum Gasteiger partial charge on any atom is 0.226 e. The van der Waals surface area contributed by atoms with E-state index in [1.807, 2.05) is 13.2 Å². The fourth-order valence-electron chi connectivity index (χ4n) is 2.80. The Morgan fingerprint density at radius 2 is 2.08 bits per heavy atom. The van der Waals surface area contributed by atoms with Crippen LogP contribution in [0.15, 0.2) is 39.5 Å². The molecular formula is C19H30N6O. The first kappa shape index (κ1) is 20.1. The number of ether oxygens (including phenoxy) is 1. The van der Waals surface area contributed by atoms with Crippen molar-refractivity contribution in [3.8, 4) is 0 Å². The monoisotopic (exact) mass is 358 g/mol. The molecule has 0 unspecified atom stereocenters. The summed E-state index contributed by atoms with van der Waals surface area (Å²) in [7, 11) is 1.89. The van der Waals surface area contributed by atoms with E-state index in [9.17, 15) is 0 Å². The van der Waals surface area contributed by atoms with Gasteiger partial charge in [0.1, 0.15) is 0 Å². The second-order valence-electron chi connectivity index (χ2n) is 6.18. The second kappa shape index (κ2) is 10.0. The molecule has 0 radical (unpaired) electrons. The first-order valence-electron chi connectivity index (χ1n) is 8.98. The van der Waals surface area contributed by atoms with E-state index in [0.717, 1.165) is 31.0 Å². The molecule has 0 amide bonds. The molecule has 1 aliphatic rings. The van der Waals surface area contributed by atoms with Gasteiger partial charge in [-0.2, -0.15) is 10.1 Å². The first-order valence-corrected chi connectivity index (χ1v) is 8.98. The zero-order valence-electron chi connectivity index (χ0n) is 16.3. The zero-order chi connectivity index (χ0) is 18.9. The predicted molar refractivity (Wildman–Crippen MR) is 107 cm³/mol. The van der Waals surface area contributed by atoms with Gasteiger partial charge >= 0.3 is 0 Å². The Labute approximate surface area is 156 Å². The Morgan fingerprint density at radius 3 is 2.69 bits per heavy atom. The van der Waals surface area contributed by atoms with Crippen molar-refractivity contribution < 1.29 is 4.74 Å². The third-order valence-electron chi connectivity index (χ3n) is 4.54. The van der Waals surface area contributed by atoms with Gasteiger partial charge in [-0.15, -0.1) is 0 Å². The maximum atomic E-state index is 5.40. The summed E-state index contributed by atoms with van der Waals surface area (Å²) in [6, 6.07) is 0. The lowest BCUT2D eigenvalue weighted by atomic mass is 10.1. The third kappa shape index (κ3) is 5.12. The molecule has 0 spiro atoms. The van der Waals surface area contributed by atoms with Crippen LogP contribution in [0.25, 0.3) is 0 Å². The Kier molecular flexibility index (Phi) is 7.74. The van der Waals surface area contributed by atoms with E-state index in [-0.39, 0.29) is 0 Å². The van der Waals surface area contributed by atoms with Gasteiger partial charge in [0.15, 0.2) is 5.82 Å². The molecule has 2 heterocycles. The van der Waals surface area contributed by atoms with Gasteiger partial charge in [0, 0.05) is 38.8 Å². The van der Waals surface area contributed by atoms with E-state index in [1.54, 1.807) is 4.68 Å². The number of allylic oxidation sites excluding steroid dienone is 2. The van der Waals surface area contributed by atoms with Crippen LogP contribution in [0, 0.1) is 0 Å². The number of aromatic nitrogens is 2. The molecule has 7 nitrogen and oxygen atoms in total. The van der Waals surface area contributed by atoms with Crippen LogP contribution in [0.3, 0.4) is 0 Å². The average molecular weight is 358 g/mol. The molecule has 26 heavy (non-hydrogen) atoms. The highest BCUT2D eigenvalue weighted by Crippen LogP contribution is 2.19. The Bertz CT molecular complexity index is 695. The lowest BCUT2D eigenvalue weighted by Crippen LogP contribution is -2.39. The maximum absolute atomic E-state index is 5.40. The molecule has 1 aliphatic heterocycles. The zero-order valence-corrected chi connectivity index (χ0v) is 16.3. The van der Waals surface area contributed by atoms with Gasteiger partial charge in [-0.3, -0.25) is 4.68 Å². The van der Waals surface area contributed by atoms with Crippen LogP contribution in [-0.2, 0) is 18.3 Å².